The van der Waals surface area contributed by atoms with Crippen LogP contribution >= 0.6 is 0 Å². The predicted octanol–water partition coefficient (Wildman–Crippen LogP) is 2.50. The molecule has 1 aromatic carbocycles. The van der Waals surface area contributed by atoms with Crippen molar-refractivity contribution in [2.45, 2.75) is 33.4 Å². The molecule has 108 valence electrons. The maximum atomic E-state index is 13.7. The van der Waals surface area contributed by atoms with Crippen LogP contribution in [0.3, 0.4) is 0 Å². The van der Waals surface area contributed by atoms with E-state index in [9.17, 15) is 4.39 Å². The first-order valence-electron chi connectivity index (χ1n) is 6.24. The zero-order valence-electron chi connectivity index (χ0n) is 11.6. The van der Waals surface area contributed by atoms with E-state index in [1.165, 1.54) is 12.1 Å². The van der Waals surface area contributed by atoms with Gasteiger partial charge in [0.25, 0.3) is 0 Å². The molecule has 0 bridgehead atoms. The second-order valence-corrected chi connectivity index (χ2v) is 4.62. The lowest BCUT2D eigenvalue weighted by molar-refractivity contribution is 0.231. The van der Waals surface area contributed by atoms with E-state index in [1.54, 1.807) is 6.92 Å². The quantitative estimate of drug-likeness (QED) is 0.818. The lowest BCUT2D eigenvalue weighted by Gasteiger charge is -2.14. The fraction of sp³-hybridized carbons (Fsp3) is 0.385. The minimum atomic E-state index is -0.489. The summed E-state index contributed by atoms with van der Waals surface area (Å²) >= 11 is 0. The number of rotatable bonds is 5. The molecule has 0 aliphatic carbocycles. The molecule has 20 heavy (non-hydrogen) atoms. The molecule has 0 aliphatic heterocycles. The second-order valence-electron chi connectivity index (χ2n) is 4.62. The summed E-state index contributed by atoms with van der Waals surface area (Å²) in [6.45, 7) is 5.68. The average Bonchev–Trinajstić information content (AvgIpc) is 2.76. The number of nitrogens with two attached hydrogens (primary N) is 1. The van der Waals surface area contributed by atoms with Crippen LogP contribution in [0.2, 0.25) is 0 Å². The molecular weight excluding hydrogens is 263 g/mol. The molecule has 7 heteroatoms. The average molecular weight is 280 g/mol. The van der Waals surface area contributed by atoms with Gasteiger partial charge < -0.3 is 20.3 Å². The molecule has 3 N–H and O–H groups in total. The Morgan fingerprint density at radius 3 is 2.80 bits per heavy atom. The van der Waals surface area contributed by atoms with E-state index in [0.29, 0.717) is 29.6 Å². The van der Waals surface area contributed by atoms with Crippen LogP contribution in [-0.4, -0.2) is 16.2 Å². The molecule has 1 heterocycles. The topological polar surface area (TPSA) is 86.2 Å². The van der Waals surface area contributed by atoms with Crippen LogP contribution in [-0.2, 0) is 6.54 Å². The number of benzene rings is 1. The minimum absolute atomic E-state index is 0.124. The van der Waals surface area contributed by atoms with Crippen LogP contribution < -0.4 is 15.8 Å². The van der Waals surface area contributed by atoms with Gasteiger partial charge in [-0.1, -0.05) is 5.16 Å². The molecule has 0 spiro atoms. The summed E-state index contributed by atoms with van der Waals surface area (Å²) in [5, 5.41) is 6.78. The Balaban J connectivity index is 2.14. The monoisotopic (exact) mass is 280 g/mol. The van der Waals surface area contributed by atoms with Gasteiger partial charge in [-0.05, 0) is 13.8 Å². The number of hydrogen-bond donors (Lipinski definition) is 2. The van der Waals surface area contributed by atoms with E-state index < -0.39 is 5.82 Å². The van der Waals surface area contributed by atoms with Gasteiger partial charge in [0.05, 0.1) is 24.0 Å². The number of aryl methyl sites for hydroxylation is 1. The van der Waals surface area contributed by atoms with Crippen molar-refractivity contribution in [3.05, 3.63) is 29.7 Å². The molecular formula is C13H17FN4O2. The van der Waals surface area contributed by atoms with Gasteiger partial charge in [-0.2, -0.15) is 4.98 Å². The van der Waals surface area contributed by atoms with Crippen LogP contribution in [0.4, 0.5) is 15.8 Å². The highest BCUT2D eigenvalue weighted by Crippen LogP contribution is 2.29. The van der Waals surface area contributed by atoms with E-state index >= 15 is 0 Å². The molecule has 2 rings (SSSR count). The summed E-state index contributed by atoms with van der Waals surface area (Å²) in [4.78, 5) is 4.06. The van der Waals surface area contributed by atoms with Gasteiger partial charge >= 0.3 is 0 Å². The number of nitrogens with one attached hydrogen (secondary N) is 1. The van der Waals surface area contributed by atoms with Crippen LogP contribution in [0.5, 0.6) is 5.75 Å². The van der Waals surface area contributed by atoms with Crippen molar-refractivity contribution in [3.63, 3.8) is 0 Å². The Bertz CT molecular complexity index is 598. The maximum Gasteiger partial charge on any atom is 0.223 e. The van der Waals surface area contributed by atoms with Gasteiger partial charge in [-0.3, -0.25) is 0 Å². The number of halogens is 1. The first kappa shape index (κ1) is 14.1. The van der Waals surface area contributed by atoms with Gasteiger partial charge in [0.2, 0.25) is 5.89 Å². The smallest absolute Gasteiger partial charge is 0.223 e. The summed E-state index contributed by atoms with van der Waals surface area (Å²) in [5.74, 6) is 0.647. The number of ether oxygens (including phenoxy) is 1. The Hall–Kier alpha value is -2.31. The highest BCUT2D eigenvalue weighted by Gasteiger charge is 2.11. The summed E-state index contributed by atoms with van der Waals surface area (Å²) in [6, 6.07) is 2.75. The van der Waals surface area contributed by atoms with Crippen LogP contribution in [0.15, 0.2) is 16.7 Å². The minimum Gasteiger partial charge on any atom is -0.488 e. The third kappa shape index (κ3) is 3.37. The van der Waals surface area contributed by atoms with Gasteiger partial charge in [-0.15, -0.1) is 0 Å². The standard InChI is InChI=1S/C13H17FN4O2/c1-7(2)19-12-5-11(10(15)4-9(12)14)16-6-13-17-8(3)20-18-13/h4-5,7,16H,6,15H2,1-3H3. The van der Waals surface area contributed by atoms with Crippen molar-refractivity contribution >= 4 is 11.4 Å². The fourth-order valence-electron chi connectivity index (χ4n) is 1.65. The van der Waals surface area contributed by atoms with E-state index in [4.69, 9.17) is 15.0 Å². The molecule has 1 aromatic heterocycles. The third-order valence-corrected chi connectivity index (χ3v) is 2.47. The highest BCUT2D eigenvalue weighted by atomic mass is 19.1. The lowest BCUT2D eigenvalue weighted by atomic mass is 10.2. The van der Waals surface area contributed by atoms with Crippen molar-refractivity contribution in [2.75, 3.05) is 11.1 Å². The molecule has 0 saturated heterocycles. The van der Waals surface area contributed by atoms with Crippen LogP contribution in [0.1, 0.15) is 25.6 Å². The molecule has 0 unspecified atom stereocenters. The van der Waals surface area contributed by atoms with Crippen molar-refractivity contribution in [3.8, 4) is 5.75 Å². The SMILES string of the molecule is Cc1nc(CNc2cc(OC(C)C)c(F)cc2N)no1. The Labute approximate surface area is 116 Å². The van der Waals surface area contributed by atoms with E-state index in [0.717, 1.165) is 0 Å². The summed E-state index contributed by atoms with van der Waals surface area (Å²) in [7, 11) is 0. The second kappa shape index (κ2) is 5.77. The highest BCUT2D eigenvalue weighted by molar-refractivity contribution is 5.68. The molecule has 0 radical (unpaired) electrons. The van der Waals surface area contributed by atoms with E-state index in [1.807, 2.05) is 13.8 Å². The predicted molar refractivity (Wildman–Crippen MR) is 72.9 cm³/mol. The fourth-order valence-corrected chi connectivity index (χ4v) is 1.65. The molecule has 0 saturated carbocycles. The molecule has 2 aromatic rings. The number of nitrogens with zero attached hydrogens (tertiary/aromatic N) is 2. The van der Waals surface area contributed by atoms with Crippen LogP contribution in [0, 0.1) is 12.7 Å². The summed E-state index contributed by atoms with van der Waals surface area (Å²) in [5.41, 5.74) is 6.62. The summed E-state index contributed by atoms with van der Waals surface area (Å²) in [6.07, 6.45) is -0.124. The first-order valence-corrected chi connectivity index (χ1v) is 6.24. The first-order chi connectivity index (χ1) is 9.45. The molecule has 0 amide bonds. The van der Waals surface area contributed by atoms with E-state index in [2.05, 4.69) is 15.5 Å². The Morgan fingerprint density at radius 1 is 1.45 bits per heavy atom. The maximum absolute atomic E-state index is 13.7. The van der Waals surface area contributed by atoms with Gasteiger partial charge in [-0.25, -0.2) is 4.39 Å². The number of hydrogen-bond acceptors (Lipinski definition) is 6. The zero-order chi connectivity index (χ0) is 14.7. The van der Waals surface area contributed by atoms with Crippen molar-refractivity contribution in [2.24, 2.45) is 0 Å². The third-order valence-electron chi connectivity index (χ3n) is 2.47. The number of aromatic nitrogens is 2. The van der Waals surface area contributed by atoms with Gasteiger partial charge in [0.15, 0.2) is 17.4 Å². The zero-order valence-corrected chi connectivity index (χ0v) is 11.6. The van der Waals surface area contributed by atoms with Crippen molar-refractivity contribution in [1.82, 2.24) is 10.1 Å². The molecule has 0 aliphatic rings. The van der Waals surface area contributed by atoms with Crippen molar-refractivity contribution in [1.29, 1.82) is 0 Å². The Kier molecular flexibility index (Phi) is 4.07. The number of nitrogen functional groups attached to an aromatic ring is 1. The largest absolute Gasteiger partial charge is 0.488 e. The summed E-state index contributed by atoms with van der Waals surface area (Å²) < 4.78 is 23.9. The molecule has 0 fully saturated rings. The molecule has 0 atom stereocenters. The lowest BCUT2D eigenvalue weighted by Crippen LogP contribution is -2.09. The van der Waals surface area contributed by atoms with Gasteiger partial charge in [0.1, 0.15) is 0 Å². The normalized spacial score (nSPS) is 10.8. The van der Waals surface area contributed by atoms with Gasteiger partial charge in [0, 0.05) is 19.1 Å². The molecule has 6 nitrogen and oxygen atoms in total. The Morgan fingerprint density at radius 2 is 2.20 bits per heavy atom. The van der Waals surface area contributed by atoms with Crippen LogP contribution in [0.25, 0.3) is 0 Å². The van der Waals surface area contributed by atoms with E-state index in [-0.39, 0.29) is 11.9 Å². The van der Waals surface area contributed by atoms with Crippen molar-refractivity contribution < 1.29 is 13.7 Å². The number of anilines is 2.